The molecule has 1 aromatic heterocycles. The van der Waals surface area contributed by atoms with E-state index in [9.17, 15) is 0 Å². The summed E-state index contributed by atoms with van der Waals surface area (Å²) in [7, 11) is 0. The number of nitrogens with zero attached hydrogens (tertiary/aromatic N) is 2. The molecule has 10 aromatic carbocycles. The fraction of sp³-hybridized carbons (Fsp3) is 0.0159. The van der Waals surface area contributed by atoms with E-state index in [0.29, 0.717) is 0 Å². The highest BCUT2D eigenvalue weighted by Gasteiger charge is 2.55. The monoisotopic (exact) mass is 842 g/mol. The SMILES string of the molecule is c1ccc(-c2ccc(N(c3ccccc3)c3ccc(-c4ccc5c(c4)C4(c6ccccc6-5)c5ccc(N(c6ccccc6)c6ccccc6)cc5-c5c4oc4ccccc54)cc3)cc2)cc1. The summed E-state index contributed by atoms with van der Waals surface area (Å²) in [5, 5.41) is 1.13. The van der Waals surface area contributed by atoms with Gasteiger partial charge in [0.15, 0.2) is 0 Å². The first-order valence-corrected chi connectivity index (χ1v) is 22.7. The molecule has 0 N–H and O–H groups in total. The molecule has 3 nitrogen and oxygen atoms in total. The van der Waals surface area contributed by atoms with E-state index in [4.69, 9.17) is 4.42 Å². The van der Waals surface area contributed by atoms with E-state index in [1.54, 1.807) is 0 Å². The van der Waals surface area contributed by atoms with Crippen LogP contribution in [0.5, 0.6) is 0 Å². The minimum Gasteiger partial charge on any atom is -0.459 e. The van der Waals surface area contributed by atoms with Gasteiger partial charge in [0.05, 0.1) is 0 Å². The summed E-state index contributed by atoms with van der Waals surface area (Å²) in [6.07, 6.45) is 0. The molecule has 0 radical (unpaired) electrons. The number of para-hydroxylation sites is 4. The van der Waals surface area contributed by atoms with Gasteiger partial charge in [0.2, 0.25) is 0 Å². The lowest BCUT2D eigenvalue weighted by Gasteiger charge is -2.30. The van der Waals surface area contributed by atoms with Gasteiger partial charge in [-0.25, -0.2) is 0 Å². The molecule has 1 spiro atoms. The van der Waals surface area contributed by atoms with Gasteiger partial charge < -0.3 is 14.2 Å². The number of hydrogen-bond donors (Lipinski definition) is 0. The zero-order chi connectivity index (χ0) is 43.6. The number of anilines is 6. The number of furan rings is 1. The van der Waals surface area contributed by atoms with E-state index >= 15 is 0 Å². The van der Waals surface area contributed by atoms with Gasteiger partial charge in [-0.3, -0.25) is 0 Å². The van der Waals surface area contributed by atoms with Crippen LogP contribution in [0.3, 0.4) is 0 Å². The third-order valence-electron chi connectivity index (χ3n) is 13.7. The molecule has 0 amide bonds. The summed E-state index contributed by atoms with van der Waals surface area (Å²) in [5.41, 5.74) is 20.1. The van der Waals surface area contributed by atoms with E-state index < -0.39 is 5.41 Å². The maximum atomic E-state index is 7.20. The van der Waals surface area contributed by atoms with Crippen LogP contribution in [-0.2, 0) is 5.41 Å². The van der Waals surface area contributed by atoms with Crippen molar-refractivity contribution < 1.29 is 4.42 Å². The van der Waals surface area contributed by atoms with Gasteiger partial charge in [-0.15, -0.1) is 0 Å². The molecule has 0 saturated carbocycles. The Balaban J connectivity index is 0.958. The largest absolute Gasteiger partial charge is 0.459 e. The maximum absolute atomic E-state index is 7.20. The van der Waals surface area contributed by atoms with Crippen LogP contribution in [0.25, 0.3) is 55.5 Å². The average Bonchev–Trinajstić information content (AvgIpc) is 4.02. The summed E-state index contributed by atoms with van der Waals surface area (Å²) >= 11 is 0. The minimum atomic E-state index is -0.662. The fourth-order valence-electron chi connectivity index (χ4n) is 10.8. The van der Waals surface area contributed by atoms with E-state index in [0.717, 1.165) is 62.0 Å². The molecule has 11 aromatic rings. The lowest BCUT2D eigenvalue weighted by atomic mass is 9.72. The van der Waals surface area contributed by atoms with Gasteiger partial charge in [0.1, 0.15) is 16.8 Å². The topological polar surface area (TPSA) is 19.6 Å². The van der Waals surface area contributed by atoms with Crippen molar-refractivity contribution in [3.63, 3.8) is 0 Å². The van der Waals surface area contributed by atoms with Crippen molar-refractivity contribution in [1.82, 2.24) is 0 Å². The lowest BCUT2D eigenvalue weighted by molar-refractivity contribution is 0.507. The van der Waals surface area contributed by atoms with Crippen LogP contribution in [0.1, 0.15) is 22.5 Å². The Morgan fingerprint density at radius 3 is 1.36 bits per heavy atom. The van der Waals surface area contributed by atoms with Crippen LogP contribution in [0.4, 0.5) is 34.1 Å². The third kappa shape index (κ3) is 5.84. The molecule has 0 fully saturated rings. The molecular weight excluding hydrogens is 801 g/mol. The Bertz CT molecular complexity index is 3520. The molecule has 1 heterocycles. The van der Waals surface area contributed by atoms with Crippen molar-refractivity contribution in [3.05, 3.63) is 277 Å². The van der Waals surface area contributed by atoms with Crippen molar-refractivity contribution in [2.24, 2.45) is 0 Å². The Labute approximate surface area is 384 Å². The van der Waals surface area contributed by atoms with Crippen LogP contribution in [0.15, 0.2) is 259 Å². The first kappa shape index (κ1) is 37.9. The smallest absolute Gasteiger partial charge is 0.135 e. The molecule has 2 aliphatic carbocycles. The molecule has 3 heteroatoms. The fourth-order valence-corrected chi connectivity index (χ4v) is 10.8. The summed E-state index contributed by atoms with van der Waals surface area (Å²) in [5.74, 6) is 0.984. The zero-order valence-corrected chi connectivity index (χ0v) is 36.1. The summed E-state index contributed by atoms with van der Waals surface area (Å²) in [6.45, 7) is 0. The molecule has 0 bridgehead atoms. The first-order valence-electron chi connectivity index (χ1n) is 22.7. The standard InChI is InChI=1S/C63H42N2O/c1-5-17-43(18-6-1)44-29-34-50(35-30-44)64(47-19-7-2-8-20-47)51-36-31-45(32-37-51)46-33-39-54-53-25-13-15-27-57(53)63(59(54)41-46)58-40-38-52(42-56(58)61-55-26-14-16-28-60(55)66-62(61)63)65(48-21-9-3-10-22-48)49-23-11-4-12-24-49/h1-42H. The van der Waals surface area contributed by atoms with Crippen molar-refractivity contribution in [1.29, 1.82) is 0 Å². The highest BCUT2D eigenvalue weighted by Crippen LogP contribution is 2.65. The number of rotatable bonds is 8. The molecular formula is C63H42N2O. The normalized spacial score (nSPS) is 14.1. The van der Waals surface area contributed by atoms with Gasteiger partial charge in [0, 0.05) is 45.1 Å². The quantitative estimate of drug-likeness (QED) is 0.152. The predicted molar refractivity (Wildman–Crippen MR) is 273 cm³/mol. The van der Waals surface area contributed by atoms with E-state index in [-0.39, 0.29) is 0 Å². The molecule has 66 heavy (non-hydrogen) atoms. The Kier molecular flexibility index (Phi) is 8.75. The highest BCUT2D eigenvalue weighted by atomic mass is 16.3. The van der Waals surface area contributed by atoms with Crippen LogP contribution in [0.2, 0.25) is 0 Å². The van der Waals surface area contributed by atoms with Crippen LogP contribution >= 0.6 is 0 Å². The van der Waals surface area contributed by atoms with Gasteiger partial charge in [-0.2, -0.15) is 0 Å². The zero-order valence-electron chi connectivity index (χ0n) is 36.1. The van der Waals surface area contributed by atoms with Gasteiger partial charge >= 0.3 is 0 Å². The second-order valence-electron chi connectivity index (χ2n) is 17.2. The maximum Gasteiger partial charge on any atom is 0.135 e. The molecule has 1 unspecified atom stereocenters. The van der Waals surface area contributed by atoms with Crippen molar-refractivity contribution >= 4 is 45.1 Å². The molecule has 310 valence electrons. The van der Waals surface area contributed by atoms with Crippen LogP contribution in [0, 0.1) is 0 Å². The number of benzene rings is 10. The van der Waals surface area contributed by atoms with Gasteiger partial charge in [-0.05, 0) is 141 Å². The second-order valence-corrected chi connectivity index (χ2v) is 17.2. The molecule has 2 aliphatic rings. The molecule has 0 aliphatic heterocycles. The summed E-state index contributed by atoms with van der Waals surface area (Å²) in [6, 6.07) is 92.0. The number of hydrogen-bond acceptors (Lipinski definition) is 3. The Hall–Kier alpha value is -8.66. The Morgan fingerprint density at radius 2 is 0.727 bits per heavy atom. The van der Waals surface area contributed by atoms with Gasteiger partial charge in [0.25, 0.3) is 0 Å². The van der Waals surface area contributed by atoms with Crippen molar-refractivity contribution in [3.8, 4) is 44.5 Å². The number of fused-ring (bicyclic) bond motifs is 12. The molecule has 13 rings (SSSR count). The lowest BCUT2D eigenvalue weighted by Crippen LogP contribution is -2.25. The van der Waals surface area contributed by atoms with Crippen molar-refractivity contribution in [2.45, 2.75) is 5.41 Å². The van der Waals surface area contributed by atoms with E-state index in [2.05, 4.69) is 265 Å². The summed E-state index contributed by atoms with van der Waals surface area (Å²) in [4.78, 5) is 4.68. The Morgan fingerprint density at radius 1 is 0.288 bits per heavy atom. The van der Waals surface area contributed by atoms with Crippen LogP contribution in [-0.4, -0.2) is 0 Å². The second kappa shape index (κ2) is 15.3. The van der Waals surface area contributed by atoms with Crippen LogP contribution < -0.4 is 9.80 Å². The molecule has 0 saturated heterocycles. The van der Waals surface area contributed by atoms with Crippen molar-refractivity contribution in [2.75, 3.05) is 9.80 Å². The van der Waals surface area contributed by atoms with E-state index in [1.165, 1.54) is 50.1 Å². The van der Waals surface area contributed by atoms with Gasteiger partial charge in [-0.1, -0.05) is 170 Å². The predicted octanol–water partition coefficient (Wildman–Crippen LogP) is 17.0. The molecule has 1 atom stereocenters. The third-order valence-corrected chi connectivity index (χ3v) is 13.7. The average molecular weight is 843 g/mol. The first-order chi connectivity index (χ1) is 32.7. The highest BCUT2D eigenvalue weighted by molar-refractivity contribution is 6.05. The minimum absolute atomic E-state index is 0.662. The summed E-state index contributed by atoms with van der Waals surface area (Å²) < 4.78 is 7.20. The van der Waals surface area contributed by atoms with E-state index in [1.807, 2.05) is 0 Å².